The Morgan fingerprint density at radius 2 is 1.85 bits per heavy atom. The number of amides is 1. The molecule has 27 heavy (non-hydrogen) atoms. The van der Waals surface area contributed by atoms with Gasteiger partial charge in [0.25, 0.3) is 0 Å². The van der Waals surface area contributed by atoms with E-state index in [0.29, 0.717) is 18.0 Å². The summed E-state index contributed by atoms with van der Waals surface area (Å²) in [7, 11) is -3.78. The summed E-state index contributed by atoms with van der Waals surface area (Å²) in [5.41, 5.74) is 2.39. The highest BCUT2D eigenvalue weighted by Crippen LogP contribution is 2.24. The number of ether oxygens (including phenoxy) is 1. The number of likely N-dealkylation sites (N-methyl/N-ethyl adjacent to an activating group) is 1. The predicted octanol–water partition coefficient (Wildman–Crippen LogP) is 3.35. The van der Waals surface area contributed by atoms with Crippen molar-refractivity contribution in [2.75, 3.05) is 25.0 Å². The molecule has 2 aromatic carbocycles. The molecule has 0 unspecified atom stereocenters. The van der Waals surface area contributed by atoms with Gasteiger partial charge in [-0.05, 0) is 62.2 Å². The van der Waals surface area contributed by atoms with E-state index in [1.807, 2.05) is 32.0 Å². The van der Waals surface area contributed by atoms with Crippen molar-refractivity contribution in [2.24, 2.45) is 0 Å². The molecule has 6 nitrogen and oxygen atoms in total. The van der Waals surface area contributed by atoms with Crippen LogP contribution in [0.2, 0.25) is 0 Å². The second kappa shape index (κ2) is 9.01. The molecule has 0 radical (unpaired) electrons. The zero-order chi connectivity index (χ0) is 20.0. The third-order valence-electron chi connectivity index (χ3n) is 4.06. The normalized spacial score (nSPS) is 11.4. The van der Waals surface area contributed by atoms with Crippen molar-refractivity contribution in [1.82, 2.24) is 4.31 Å². The van der Waals surface area contributed by atoms with Crippen LogP contribution in [0, 0.1) is 13.8 Å². The lowest BCUT2D eigenvalue weighted by Crippen LogP contribution is -2.37. The molecule has 1 amide bonds. The number of benzene rings is 2. The van der Waals surface area contributed by atoms with Gasteiger partial charge in [0.05, 0.1) is 18.0 Å². The van der Waals surface area contributed by atoms with Crippen molar-refractivity contribution in [3.8, 4) is 5.75 Å². The van der Waals surface area contributed by atoms with Gasteiger partial charge in [0.1, 0.15) is 5.75 Å². The average Bonchev–Trinajstić information content (AvgIpc) is 2.61. The van der Waals surface area contributed by atoms with Gasteiger partial charge < -0.3 is 10.1 Å². The molecule has 0 heterocycles. The standard InChI is InChI=1S/C20H26N2O4S/c1-5-22(14-20(23)21-17-9-7-8-15(3)12-17)27(24,25)18-10-11-19(26-6-2)16(4)13-18/h7-13H,5-6,14H2,1-4H3,(H,21,23). The van der Waals surface area contributed by atoms with E-state index in [1.165, 1.54) is 6.07 Å². The Balaban J connectivity index is 2.17. The fourth-order valence-electron chi connectivity index (χ4n) is 2.70. The van der Waals surface area contributed by atoms with Gasteiger partial charge >= 0.3 is 0 Å². The number of sulfonamides is 1. The molecule has 0 aliphatic rings. The number of carbonyl (C=O) groups excluding carboxylic acids is 1. The maximum absolute atomic E-state index is 12.9. The topological polar surface area (TPSA) is 75.7 Å². The molecule has 0 bridgehead atoms. The van der Waals surface area contributed by atoms with Crippen molar-refractivity contribution in [2.45, 2.75) is 32.6 Å². The lowest BCUT2D eigenvalue weighted by Gasteiger charge is -2.21. The Kier molecular flexibility index (Phi) is 6.98. The molecule has 0 saturated carbocycles. The summed E-state index contributed by atoms with van der Waals surface area (Å²) in [5, 5.41) is 2.74. The Morgan fingerprint density at radius 1 is 1.11 bits per heavy atom. The predicted molar refractivity (Wildman–Crippen MR) is 107 cm³/mol. The van der Waals surface area contributed by atoms with Gasteiger partial charge in [0.15, 0.2) is 0 Å². The summed E-state index contributed by atoms with van der Waals surface area (Å²) in [4.78, 5) is 12.5. The van der Waals surface area contributed by atoms with Gasteiger partial charge in [0.2, 0.25) is 15.9 Å². The van der Waals surface area contributed by atoms with Crippen LogP contribution in [0.3, 0.4) is 0 Å². The summed E-state index contributed by atoms with van der Waals surface area (Å²) in [5.74, 6) is 0.269. The van der Waals surface area contributed by atoms with Gasteiger partial charge in [0, 0.05) is 12.2 Å². The van der Waals surface area contributed by atoms with Crippen LogP contribution in [-0.2, 0) is 14.8 Å². The van der Waals surface area contributed by atoms with E-state index in [1.54, 1.807) is 32.0 Å². The van der Waals surface area contributed by atoms with Crippen molar-refractivity contribution in [3.05, 3.63) is 53.6 Å². The molecule has 0 aromatic heterocycles. The van der Waals surface area contributed by atoms with Crippen LogP contribution in [0.4, 0.5) is 5.69 Å². The molecular formula is C20H26N2O4S. The fourth-order valence-corrected chi connectivity index (χ4v) is 4.19. The lowest BCUT2D eigenvalue weighted by molar-refractivity contribution is -0.116. The molecule has 146 valence electrons. The quantitative estimate of drug-likeness (QED) is 0.750. The monoisotopic (exact) mass is 390 g/mol. The van der Waals surface area contributed by atoms with E-state index in [9.17, 15) is 13.2 Å². The number of rotatable bonds is 8. The van der Waals surface area contributed by atoms with Gasteiger partial charge in [-0.3, -0.25) is 4.79 Å². The average molecular weight is 391 g/mol. The second-order valence-electron chi connectivity index (χ2n) is 6.21. The third kappa shape index (κ3) is 5.30. The van der Waals surface area contributed by atoms with Crippen molar-refractivity contribution in [1.29, 1.82) is 0 Å². The number of nitrogens with zero attached hydrogens (tertiary/aromatic N) is 1. The van der Waals surface area contributed by atoms with Gasteiger partial charge in [-0.25, -0.2) is 8.42 Å². The first kappa shape index (κ1) is 20.9. The molecule has 0 atom stereocenters. The van der Waals surface area contributed by atoms with E-state index in [-0.39, 0.29) is 23.9 Å². The molecule has 1 N–H and O–H groups in total. The van der Waals surface area contributed by atoms with Crippen molar-refractivity contribution in [3.63, 3.8) is 0 Å². The van der Waals surface area contributed by atoms with Crippen molar-refractivity contribution < 1.29 is 17.9 Å². The summed E-state index contributed by atoms with van der Waals surface area (Å²) in [6, 6.07) is 12.1. The number of nitrogens with one attached hydrogen (secondary N) is 1. The van der Waals surface area contributed by atoms with Crippen LogP contribution in [0.15, 0.2) is 47.4 Å². The summed E-state index contributed by atoms with van der Waals surface area (Å²) in [6.07, 6.45) is 0. The summed E-state index contributed by atoms with van der Waals surface area (Å²) in [6.45, 7) is 7.74. The first-order valence-corrected chi connectivity index (χ1v) is 10.3. The lowest BCUT2D eigenvalue weighted by atomic mass is 10.2. The Morgan fingerprint density at radius 3 is 2.44 bits per heavy atom. The smallest absolute Gasteiger partial charge is 0.243 e. The maximum atomic E-state index is 12.9. The van der Waals surface area contributed by atoms with E-state index < -0.39 is 10.0 Å². The minimum absolute atomic E-state index is 0.147. The van der Waals surface area contributed by atoms with Crippen LogP contribution in [0.5, 0.6) is 5.75 Å². The third-order valence-corrected chi connectivity index (χ3v) is 5.98. The van der Waals surface area contributed by atoms with Crippen molar-refractivity contribution >= 4 is 21.6 Å². The molecule has 0 aliphatic carbocycles. The van der Waals surface area contributed by atoms with E-state index in [4.69, 9.17) is 4.74 Å². The highest BCUT2D eigenvalue weighted by atomic mass is 32.2. The van der Waals surface area contributed by atoms with Crippen LogP contribution in [-0.4, -0.2) is 38.3 Å². The van der Waals surface area contributed by atoms with Gasteiger partial charge in [-0.1, -0.05) is 19.1 Å². The van der Waals surface area contributed by atoms with E-state index in [2.05, 4.69) is 5.32 Å². The van der Waals surface area contributed by atoms with Gasteiger partial charge in [-0.15, -0.1) is 0 Å². The molecular weight excluding hydrogens is 364 g/mol. The van der Waals surface area contributed by atoms with E-state index in [0.717, 1.165) is 15.4 Å². The van der Waals surface area contributed by atoms with E-state index >= 15 is 0 Å². The molecule has 0 fully saturated rings. The highest BCUT2D eigenvalue weighted by Gasteiger charge is 2.26. The zero-order valence-electron chi connectivity index (χ0n) is 16.2. The minimum atomic E-state index is -3.78. The fraction of sp³-hybridized carbons (Fsp3) is 0.350. The number of carbonyl (C=O) groups is 1. The van der Waals surface area contributed by atoms with Crippen LogP contribution >= 0.6 is 0 Å². The molecule has 2 rings (SSSR count). The minimum Gasteiger partial charge on any atom is -0.494 e. The largest absolute Gasteiger partial charge is 0.494 e. The Hall–Kier alpha value is -2.38. The van der Waals surface area contributed by atoms with Gasteiger partial charge in [-0.2, -0.15) is 4.31 Å². The number of hydrogen-bond acceptors (Lipinski definition) is 4. The molecule has 0 spiro atoms. The number of anilines is 1. The maximum Gasteiger partial charge on any atom is 0.243 e. The first-order chi connectivity index (χ1) is 12.8. The number of hydrogen-bond donors (Lipinski definition) is 1. The SMILES string of the molecule is CCOc1ccc(S(=O)(=O)N(CC)CC(=O)Nc2cccc(C)c2)cc1C. The first-order valence-electron chi connectivity index (χ1n) is 8.88. The summed E-state index contributed by atoms with van der Waals surface area (Å²) >= 11 is 0. The molecule has 2 aromatic rings. The Bertz CT molecular complexity index is 910. The highest BCUT2D eigenvalue weighted by molar-refractivity contribution is 7.89. The second-order valence-corrected chi connectivity index (χ2v) is 8.15. The van der Waals surface area contributed by atoms with Crippen LogP contribution in [0.25, 0.3) is 0 Å². The Labute approximate surface area is 161 Å². The molecule has 0 aliphatic heterocycles. The van der Waals surface area contributed by atoms with Crippen LogP contribution < -0.4 is 10.1 Å². The van der Waals surface area contributed by atoms with Crippen LogP contribution in [0.1, 0.15) is 25.0 Å². The number of aryl methyl sites for hydroxylation is 2. The summed E-state index contributed by atoms with van der Waals surface area (Å²) < 4.78 is 32.5. The molecule has 7 heteroatoms. The molecule has 0 saturated heterocycles. The zero-order valence-corrected chi connectivity index (χ0v) is 17.0.